The molecule has 0 radical (unpaired) electrons. The normalized spacial score (nSPS) is 12.0. The van der Waals surface area contributed by atoms with Crippen LogP contribution in [-0.2, 0) is 4.79 Å². The highest BCUT2D eigenvalue weighted by molar-refractivity contribution is 5.98. The predicted molar refractivity (Wildman–Crippen MR) is 91.0 cm³/mol. The number of carbonyl (C=O) groups excluding carboxylic acids is 2. The molecule has 5 nitrogen and oxygen atoms in total. The zero-order valence-electron chi connectivity index (χ0n) is 13.9. The van der Waals surface area contributed by atoms with Crippen molar-refractivity contribution >= 4 is 17.5 Å². The Hall–Kier alpha value is -2.80. The fourth-order valence-electron chi connectivity index (χ4n) is 2.46. The van der Waals surface area contributed by atoms with Gasteiger partial charge in [0, 0.05) is 6.07 Å². The van der Waals surface area contributed by atoms with E-state index < -0.39 is 35.1 Å². The lowest BCUT2D eigenvalue weighted by molar-refractivity contribution is -0.121. The minimum absolute atomic E-state index is 0.300. The van der Waals surface area contributed by atoms with Gasteiger partial charge in [-0.1, -0.05) is 37.3 Å². The topological polar surface area (TPSA) is 75.4 Å². The van der Waals surface area contributed by atoms with Gasteiger partial charge in [-0.2, -0.15) is 0 Å². The van der Waals surface area contributed by atoms with Crippen molar-refractivity contribution in [2.45, 2.75) is 13.0 Å². The number of nitrogens with zero attached hydrogens (tertiary/aromatic N) is 1. The summed E-state index contributed by atoms with van der Waals surface area (Å²) in [5.74, 6) is -3.61. The monoisotopic (exact) mass is 347 g/mol. The second-order valence-corrected chi connectivity index (χ2v) is 5.55. The Morgan fingerprint density at radius 2 is 1.80 bits per heavy atom. The molecule has 0 heterocycles. The van der Waals surface area contributed by atoms with Crippen LogP contribution in [0.25, 0.3) is 0 Å². The van der Waals surface area contributed by atoms with E-state index in [1.165, 1.54) is 0 Å². The molecule has 2 rings (SSSR count). The van der Waals surface area contributed by atoms with Crippen LogP contribution in [0.5, 0.6) is 0 Å². The Labute approximate surface area is 144 Å². The Kier molecular flexibility index (Phi) is 5.82. The predicted octanol–water partition coefficient (Wildman–Crippen LogP) is 2.70. The number of likely N-dealkylation sites (N-methyl/N-ethyl adjacent to an activating group) is 1. The molecule has 25 heavy (non-hydrogen) atoms. The molecule has 3 N–H and O–H groups in total. The number of carbonyl (C=O) groups is 2. The number of amides is 2. The lowest BCUT2D eigenvalue weighted by Gasteiger charge is -2.26. The highest BCUT2D eigenvalue weighted by atomic mass is 19.1. The fraction of sp³-hybridized carbons (Fsp3) is 0.222. The van der Waals surface area contributed by atoms with Crippen LogP contribution < -0.4 is 11.1 Å². The van der Waals surface area contributed by atoms with Crippen molar-refractivity contribution in [1.82, 2.24) is 4.90 Å². The molecule has 0 spiro atoms. The van der Waals surface area contributed by atoms with E-state index in [9.17, 15) is 18.4 Å². The molecule has 0 saturated heterocycles. The molecule has 2 aromatic rings. The number of halogens is 2. The molecule has 0 saturated carbocycles. The van der Waals surface area contributed by atoms with Gasteiger partial charge in [-0.15, -0.1) is 0 Å². The zero-order chi connectivity index (χ0) is 18.6. The summed E-state index contributed by atoms with van der Waals surface area (Å²) in [5, 5.41) is 2.42. The second kappa shape index (κ2) is 7.85. The van der Waals surface area contributed by atoms with E-state index in [2.05, 4.69) is 5.32 Å². The summed E-state index contributed by atoms with van der Waals surface area (Å²) in [4.78, 5) is 25.7. The van der Waals surface area contributed by atoms with Gasteiger partial charge in [0.1, 0.15) is 17.7 Å². The standard InChI is InChI=1S/C18H19F2N3O2/c1-3-23(2)16(11-7-5-4-6-8-11)18(25)22-15-9-12(17(21)24)13(19)10-14(15)20/h4-10,16H,3H2,1-2H3,(H2,21,24)(H,22,25)/t16-/m0/s1. The highest BCUT2D eigenvalue weighted by Gasteiger charge is 2.25. The number of rotatable bonds is 6. The zero-order valence-corrected chi connectivity index (χ0v) is 13.9. The first-order valence-corrected chi connectivity index (χ1v) is 7.70. The van der Waals surface area contributed by atoms with E-state index >= 15 is 0 Å². The van der Waals surface area contributed by atoms with Gasteiger partial charge in [0.05, 0.1) is 11.3 Å². The molecule has 0 aliphatic heterocycles. The van der Waals surface area contributed by atoms with Crippen LogP contribution in [0.15, 0.2) is 42.5 Å². The molecule has 1 atom stereocenters. The Morgan fingerprint density at radius 3 is 2.36 bits per heavy atom. The number of benzene rings is 2. The third-order valence-electron chi connectivity index (χ3n) is 3.88. The van der Waals surface area contributed by atoms with Crippen molar-refractivity contribution in [1.29, 1.82) is 0 Å². The van der Waals surface area contributed by atoms with E-state index in [-0.39, 0.29) is 5.69 Å². The van der Waals surface area contributed by atoms with Gasteiger partial charge in [-0.25, -0.2) is 8.78 Å². The number of primary amides is 1. The molecule has 132 valence electrons. The molecule has 2 aromatic carbocycles. The van der Waals surface area contributed by atoms with Crippen LogP contribution in [0.4, 0.5) is 14.5 Å². The molecule has 0 aliphatic carbocycles. The molecule has 2 amide bonds. The van der Waals surface area contributed by atoms with Crippen molar-refractivity contribution in [2.75, 3.05) is 18.9 Å². The van der Waals surface area contributed by atoms with Crippen LogP contribution in [0.1, 0.15) is 28.9 Å². The molecule has 0 fully saturated rings. The number of nitrogens with two attached hydrogens (primary N) is 1. The summed E-state index contributed by atoms with van der Waals surface area (Å²) in [5.41, 5.74) is 5.00. The van der Waals surface area contributed by atoms with Crippen LogP contribution >= 0.6 is 0 Å². The summed E-state index contributed by atoms with van der Waals surface area (Å²) in [7, 11) is 1.76. The Morgan fingerprint density at radius 1 is 1.16 bits per heavy atom. The van der Waals surface area contributed by atoms with Gasteiger partial charge >= 0.3 is 0 Å². The average molecular weight is 347 g/mol. The maximum absolute atomic E-state index is 14.0. The van der Waals surface area contributed by atoms with Gasteiger partial charge in [-0.05, 0) is 25.2 Å². The van der Waals surface area contributed by atoms with Crippen molar-refractivity contribution in [3.05, 3.63) is 65.2 Å². The first-order valence-electron chi connectivity index (χ1n) is 7.70. The van der Waals surface area contributed by atoms with Crippen LogP contribution in [0.2, 0.25) is 0 Å². The molecule has 7 heteroatoms. The second-order valence-electron chi connectivity index (χ2n) is 5.55. The molecular formula is C18H19F2N3O2. The molecule has 0 aliphatic rings. The van der Waals surface area contributed by atoms with E-state index in [0.717, 1.165) is 11.6 Å². The number of nitrogens with one attached hydrogen (secondary N) is 1. The number of hydrogen-bond acceptors (Lipinski definition) is 3. The van der Waals surface area contributed by atoms with Gasteiger partial charge in [0.25, 0.3) is 5.91 Å². The van der Waals surface area contributed by atoms with Gasteiger partial charge in [-0.3, -0.25) is 14.5 Å². The maximum Gasteiger partial charge on any atom is 0.251 e. The van der Waals surface area contributed by atoms with Gasteiger partial charge in [0.15, 0.2) is 0 Å². The largest absolute Gasteiger partial charge is 0.366 e. The van der Waals surface area contributed by atoms with Crippen molar-refractivity contribution in [2.24, 2.45) is 5.73 Å². The minimum Gasteiger partial charge on any atom is -0.366 e. The van der Waals surface area contributed by atoms with E-state index in [1.54, 1.807) is 36.2 Å². The molecule has 0 aromatic heterocycles. The van der Waals surface area contributed by atoms with Crippen molar-refractivity contribution < 1.29 is 18.4 Å². The van der Waals surface area contributed by atoms with Gasteiger partial charge in [0.2, 0.25) is 5.91 Å². The lowest BCUT2D eigenvalue weighted by atomic mass is 10.0. The third-order valence-corrected chi connectivity index (χ3v) is 3.88. The number of anilines is 1. The summed E-state index contributed by atoms with van der Waals surface area (Å²) < 4.78 is 27.5. The van der Waals surface area contributed by atoms with Crippen LogP contribution in [0, 0.1) is 11.6 Å². The maximum atomic E-state index is 14.0. The first kappa shape index (κ1) is 18.5. The summed E-state index contributed by atoms with van der Waals surface area (Å²) >= 11 is 0. The Bertz CT molecular complexity index is 781. The smallest absolute Gasteiger partial charge is 0.251 e. The molecule has 0 unspecified atom stereocenters. The Balaban J connectivity index is 2.36. The lowest BCUT2D eigenvalue weighted by Crippen LogP contribution is -2.35. The van der Waals surface area contributed by atoms with E-state index in [1.807, 2.05) is 13.0 Å². The van der Waals surface area contributed by atoms with E-state index in [4.69, 9.17) is 5.73 Å². The SMILES string of the molecule is CCN(C)[C@H](C(=O)Nc1cc(C(N)=O)c(F)cc1F)c1ccccc1. The summed E-state index contributed by atoms with van der Waals surface area (Å²) in [6.45, 7) is 2.46. The van der Waals surface area contributed by atoms with E-state index in [0.29, 0.717) is 12.6 Å². The number of hydrogen-bond donors (Lipinski definition) is 2. The fourth-order valence-corrected chi connectivity index (χ4v) is 2.46. The van der Waals surface area contributed by atoms with Gasteiger partial charge < -0.3 is 11.1 Å². The van der Waals surface area contributed by atoms with Crippen molar-refractivity contribution in [3.8, 4) is 0 Å². The molecular weight excluding hydrogens is 328 g/mol. The highest BCUT2D eigenvalue weighted by Crippen LogP contribution is 2.24. The summed E-state index contributed by atoms with van der Waals surface area (Å²) in [6.07, 6.45) is 0. The average Bonchev–Trinajstić information content (AvgIpc) is 2.58. The van der Waals surface area contributed by atoms with Crippen LogP contribution in [0.3, 0.4) is 0 Å². The quantitative estimate of drug-likeness (QED) is 0.844. The van der Waals surface area contributed by atoms with Crippen molar-refractivity contribution in [3.63, 3.8) is 0 Å². The first-order chi connectivity index (χ1) is 11.8. The minimum atomic E-state index is -1.08. The third kappa shape index (κ3) is 4.19. The summed E-state index contributed by atoms with van der Waals surface area (Å²) in [6, 6.07) is 9.73. The molecule has 0 bridgehead atoms. The van der Waals surface area contributed by atoms with Crippen LogP contribution in [-0.4, -0.2) is 30.3 Å².